The number of nitrogens with one attached hydrogen (secondary N) is 1. The third-order valence-electron chi connectivity index (χ3n) is 3.04. The molecule has 2 aromatic heterocycles. The molecular weight excluding hydrogens is 260 g/mol. The molecule has 94 valence electrons. The van der Waals surface area contributed by atoms with Crippen LogP contribution < -0.4 is 0 Å². The van der Waals surface area contributed by atoms with Gasteiger partial charge < -0.3 is 4.98 Å². The van der Waals surface area contributed by atoms with Gasteiger partial charge in [0.2, 0.25) is 0 Å². The maximum Gasteiger partial charge on any atom is 0.164 e. The van der Waals surface area contributed by atoms with Crippen LogP contribution in [-0.2, 0) is 0 Å². The van der Waals surface area contributed by atoms with Crippen LogP contribution in [-0.4, -0.2) is 21.7 Å². The summed E-state index contributed by atoms with van der Waals surface area (Å²) in [6.45, 7) is 5.56. The summed E-state index contributed by atoms with van der Waals surface area (Å²) in [5.41, 5.74) is 3.87. The Bertz CT molecular complexity index is 759. The highest BCUT2D eigenvalue weighted by Crippen LogP contribution is 2.36. The molecule has 3 rings (SSSR count). The third-order valence-corrected chi connectivity index (χ3v) is 3.29. The van der Waals surface area contributed by atoms with E-state index in [0.29, 0.717) is 10.8 Å². The number of aromatic amines is 1. The lowest BCUT2D eigenvalue weighted by Gasteiger charge is -2.03. The summed E-state index contributed by atoms with van der Waals surface area (Å²) in [5, 5.41) is 1.59. The second-order valence-electron chi connectivity index (χ2n) is 4.21. The normalized spacial score (nSPS) is 10.8. The second-order valence-corrected chi connectivity index (χ2v) is 4.65. The van der Waals surface area contributed by atoms with E-state index in [2.05, 4.69) is 26.7 Å². The SMILES string of the molecule is C=Nc1ncnc2[nH]c(C)c(-c3ccc(Cl)cc3)c12. The predicted molar refractivity (Wildman–Crippen MR) is 78.3 cm³/mol. The quantitative estimate of drug-likeness (QED) is 0.718. The van der Waals surface area contributed by atoms with Gasteiger partial charge in [0.1, 0.15) is 12.0 Å². The standard InChI is InChI=1S/C14H11ClN4/c1-8-11(9-3-5-10(15)6-4-9)12-13(16-2)17-7-18-14(12)19-8/h3-7H,2H2,1H3,(H,17,18,19). The fraction of sp³-hybridized carbons (Fsp3) is 0.0714. The number of aryl methyl sites for hydroxylation is 1. The first-order valence-corrected chi connectivity index (χ1v) is 6.14. The Hall–Kier alpha value is -2.20. The summed E-state index contributed by atoms with van der Waals surface area (Å²) in [5.74, 6) is 0.583. The molecule has 1 N–H and O–H groups in total. The molecule has 0 radical (unpaired) electrons. The van der Waals surface area contributed by atoms with E-state index in [1.807, 2.05) is 31.2 Å². The van der Waals surface area contributed by atoms with E-state index in [1.165, 1.54) is 6.33 Å². The molecular formula is C14H11ClN4. The molecule has 0 spiro atoms. The van der Waals surface area contributed by atoms with Crippen LogP contribution in [0.3, 0.4) is 0 Å². The molecule has 5 heteroatoms. The van der Waals surface area contributed by atoms with Gasteiger partial charge in [0.15, 0.2) is 5.82 Å². The van der Waals surface area contributed by atoms with Crippen LogP contribution >= 0.6 is 11.6 Å². The van der Waals surface area contributed by atoms with Crippen LogP contribution in [0.1, 0.15) is 5.69 Å². The van der Waals surface area contributed by atoms with Crippen LogP contribution in [0, 0.1) is 6.92 Å². The van der Waals surface area contributed by atoms with E-state index in [4.69, 9.17) is 11.6 Å². The van der Waals surface area contributed by atoms with Gasteiger partial charge in [-0.25, -0.2) is 15.0 Å². The third kappa shape index (κ3) is 1.90. The maximum atomic E-state index is 5.93. The molecule has 0 saturated carbocycles. The van der Waals surface area contributed by atoms with Gasteiger partial charge in [-0.3, -0.25) is 0 Å². The number of halogens is 1. The minimum atomic E-state index is 0.583. The predicted octanol–water partition coefficient (Wildman–Crippen LogP) is 3.92. The lowest BCUT2D eigenvalue weighted by Crippen LogP contribution is -1.82. The Morgan fingerprint density at radius 3 is 2.63 bits per heavy atom. The number of H-pyrrole nitrogens is 1. The Morgan fingerprint density at radius 2 is 1.95 bits per heavy atom. The molecule has 0 atom stereocenters. The zero-order valence-electron chi connectivity index (χ0n) is 10.3. The van der Waals surface area contributed by atoms with Crippen molar-refractivity contribution in [3.63, 3.8) is 0 Å². The molecule has 1 aromatic carbocycles. The van der Waals surface area contributed by atoms with Crippen molar-refractivity contribution in [1.29, 1.82) is 0 Å². The van der Waals surface area contributed by atoms with Gasteiger partial charge in [0.05, 0.1) is 5.39 Å². The van der Waals surface area contributed by atoms with Gasteiger partial charge in [-0.05, 0) is 31.3 Å². The minimum Gasteiger partial charge on any atom is -0.343 e. The van der Waals surface area contributed by atoms with Gasteiger partial charge in [-0.1, -0.05) is 23.7 Å². The van der Waals surface area contributed by atoms with Crippen molar-refractivity contribution in [1.82, 2.24) is 15.0 Å². The number of hydrogen-bond donors (Lipinski definition) is 1. The topological polar surface area (TPSA) is 53.9 Å². The molecule has 0 aliphatic rings. The van der Waals surface area contributed by atoms with Gasteiger partial charge >= 0.3 is 0 Å². The number of aromatic nitrogens is 3. The maximum absolute atomic E-state index is 5.93. The lowest BCUT2D eigenvalue weighted by atomic mass is 10.0. The Morgan fingerprint density at radius 1 is 1.21 bits per heavy atom. The Kier molecular flexibility index (Phi) is 2.80. The van der Waals surface area contributed by atoms with E-state index in [0.717, 1.165) is 27.9 Å². The summed E-state index contributed by atoms with van der Waals surface area (Å²) in [6.07, 6.45) is 1.48. The van der Waals surface area contributed by atoms with E-state index >= 15 is 0 Å². The van der Waals surface area contributed by atoms with Crippen molar-refractivity contribution in [3.05, 3.63) is 41.3 Å². The molecule has 0 bridgehead atoms. The highest BCUT2D eigenvalue weighted by Gasteiger charge is 2.15. The number of aliphatic imine (C=N–C) groups is 1. The van der Waals surface area contributed by atoms with Crippen LogP contribution in [0.2, 0.25) is 5.02 Å². The number of hydrogen-bond acceptors (Lipinski definition) is 3. The molecule has 2 heterocycles. The largest absolute Gasteiger partial charge is 0.343 e. The molecule has 0 aliphatic heterocycles. The van der Waals surface area contributed by atoms with Gasteiger partial charge in [-0.15, -0.1) is 0 Å². The van der Waals surface area contributed by atoms with E-state index < -0.39 is 0 Å². The highest BCUT2D eigenvalue weighted by atomic mass is 35.5. The Balaban J connectivity index is 2.36. The average molecular weight is 271 g/mol. The zero-order valence-corrected chi connectivity index (χ0v) is 11.1. The molecule has 0 aliphatic carbocycles. The van der Waals surface area contributed by atoms with Crippen LogP contribution in [0.4, 0.5) is 5.82 Å². The first kappa shape index (κ1) is 11.9. The molecule has 0 saturated heterocycles. The fourth-order valence-corrected chi connectivity index (χ4v) is 2.35. The molecule has 4 nitrogen and oxygen atoms in total. The molecule has 3 aromatic rings. The minimum absolute atomic E-state index is 0.583. The van der Waals surface area contributed by atoms with Crippen molar-refractivity contribution >= 4 is 35.2 Å². The van der Waals surface area contributed by atoms with Gasteiger partial charge in [-0.2, -0.15) is 0 Å². The van der Waals surface area contributed by atoms with Crippen LogP contribution in [0.5, 0.6) is 0 Å². The monoisotopic (exact) mass is 270 g/mol. The summed E-state index contributed by atoms with van der Waals surface area (Å²) in [7, 11) is 0. The number of rotatable bonds is 2. The van der Waals surface area contributed by atoms with Crippen molar-refractivity contribution in [2.24, 2.45) is 4.99 Å². The molecule has 0 unspecified atom stereocenters. The zero-order chi connectivity index (χ0) is 13.4. The fourth-order valence-electron chi connectivity index (χ4n) is 2.23. The van der Waals surface area contributed by atoms with Crippen LogP contribution in [0.15, 0.2) is 35.6 Å². The number of fused-ring (bicyclic) bond motifs is 1. The molecule has 0 fully saturated rings. The lowest BCUT2D eigenvalue weighted by molar-refractivity contribution is 1.17. The summed E-state index contributed by atoms with van der Waals surface area (Å²) in [4.78, 5) is 15.6. The van der Waals surface area contributed by atoms with E-state index in [1.54, 1.807) is 0 Å². The Labute approximate surface area is 115 Å². The second kappa shape index (κ2) is 4.48. The first-order chi connectivity index (χ1) is 9.20. The van der Waals surface area contributed by atoms with Crippen molar-refractivity contribution < 1.29 is 0 Å². The van der Waals surface area contributed by atoms with Crippen molar-refractivity contribution in [2.45, 2.75) is 6.92 Å². The summed E-state index contributed by atoms with van der Waals surface area (Å²) >= 11 is 5.93. The number of benzene rings is 1. The smallest absolute Gasteiger partial charge is 0.164 e. The summed E-state index contributed by atoms with van der Waals surface area (Å²) in [6, 6.07) is 7.66. The average Bonchev–Trinajstić information content (AvgIpc) is 2.75. The molecule has 0 amide bonds. The van der Waals surface area contributed by atoms with E-state index in [-0.39, 0.29) is 0 Å². The highest BCUT2D eigenvalue weighted by molar-refractivity contribution is 6.30. The van der Waals surface area contributed by atoms with Gasteiger partial charge in [0.25, 0.3) is 0 Å². The first-order valence-electron chi connectivity index (χ1n) is 5.76. The number of nitrogens with zero attached hydrogens (tertiary/aromatic N) is 3. The molecule has 19 heavy (non-hydrogen) atoms. The van der Waals surface area contributed by atoms with Crippen molar-refractivity contribution in [3.8, 4) is 11.1 Å². The van der Waals surface area contributed by atoms with Crippen molar-refractivity contribution in [2.75, 3.05) is 0 Å². The van der Waals surface area contributed by atoms with E-state index in [9.17, 15) is 0 Å². The van der Waals surface area contributed by atoms with Crippen LogP contribution in [0.25, 0.3) is 22.2 Å². The van der Waals surface area contributed by atoms with Gasteiger partial charge in [0, 0.05) is 16.3 Å². The summed E-state index contributed by atoms with van der Waals surface area (Å²) < 4.78 is 0.